The van der Waals surface area contributed by atoms with Crippen molar-refractivity contribution in [1.82, 2.24) is 14.5 Å². The summed E-state index contributed by atoms with van der Waals surface area (Å²) in [6.45, 7) is 5.02. The van der Waals surface area contributed by atoms with Crippen molar-refractivity contribution in [2.75, 3.05) is 7.11 Å². The predicted octanol–water partition coefficient (Wildman–Crippen LogP) is 3.66. The van der Waals surface area contributed by atoms with Crippen LogP contribution in [0.2, 0.25) is 0 Å². The molecule has 31 heavy (non-hydrogen) atoms. The van der Waals surface area contributed by atoms with Crippen LogP contribution >= 0.6 is 0 Å². The van der Waals surface area contributed by atoms with Crippen molar-refractivity contribution in [3.63, 3.8) is 0 Å². The van der Waals surface area contributed by atoms with Crippen molar-refractivity contribution in [2.45, 2.75) is 39.0 Å². The van der Waals surface area contributed by atoms with Crippen LogP contribution < -0.4 is 0 Å². The van der Waals surface area contributed by atoms with E-state index >= 15 is 0 Å². The van der Waals surface area contributed by atoms with Crippen molar-refractivity contribution in [3.8, 4) is 0 Å². The summed E-state index contributed by atoms with van der Waals surface area (Å²) >= 11 is 0. The molecular weight excluding hydrogens is 398 g/mol. The van der Waals surface area contributed by atoms with E-state index in [1.807, 2.05) is 12.1 Å². The van der Waals surface area contributed by atoms with Gasteiger partial charge in [0, 0.05) is 23.3 Å². The first kappa shape index (κ1) is 22.0. The highest BCUT2D eigenvalue weighted by Gasteiger charge is 2.39. The van der Waals surface area contributed by atoms with Gasteiger partial charge in [-0.3, -0.25) is 4.79 Å². The summed E-state index contributed by atoms with van der Waals surface area (Å²) in [5, 5.41) is 0.865. The van der Waals surface area contributed by atoms with Crippen LogP contribution in [0.5, 0.6) is 0 Å². The van der Waals surface area contributed by atoms with Crippen LogP contribution in [0.25, 0.3) is 11.0 Å². The molecule has 2 amide bonds. The Labute approximate surface area is 180 Å². The molecule has 2 aromatic heterocycles. The first-order valence-electron chi connectivity index (χ1n) is 9.80. The minimum atomic E-state index is -1.26. The van der Waals surface area contributed by atoms with Gasteiger partial charge in [-0.1, -0.05) is 18.2 Å². The highest BCUT2D eigenvalue weighted by molar-refractivity contribution is 6.05. The third kappa shape index (κ3) is 5.09. The molecule has 8 heteroatoms. The minimum absolute atomic E-state index is 0.0367. The summed E-state index contributed by atoms with van der Waals surface area (Å²) in [5.41, 5.74) is -0.000236. The minimum Gasteiger partial charge on any atom is -0.467 e. The van der Waals surface area contributed by atoms with Crippen LogP contribution in [0, 0.1) is 0 Å². The third-order valence-corrected chi connectivity index (χ3v) is 4.51. The van der Waals surface area contributed by atoms with Gasteiger partial charge in [0.25, 0.3) is 5.91 Å². The molecule has 2 heterocycles. The van der Waals surface area contributed by atoms with Crippen LogP contribution in [0.3, 0.4) is 0 Å². The number of pyridine rings is 1. The van der Waals surface area contributed by atoms with Crippen LogP contribution in [0.1, 0.15) is 31.1 Å². The number of fused-ring (bicyclic) bond motifs is 1. The van der Waals surface area contributed by atoms with Crippen molar-refractivity contribution in [1.29, 1.82) is 0 Å². The van der Waals surface area contributed by atoms with Gasteiger partial charge in [-0.05, 0) is 51.1 Å². The predicted molar refractivity (Wildman–Crippen MR) is 114 cm³/mol. The SMILES string of the molecule is COC(=O)C(Cn1ccc2cccnc21)N(C(=O)OC(C)(C)C)C(=O)c1ccccc1. The smallest absolute Gasteiger partial charge is 0.418 e. The summed E-state index contributed by atoms with van der Waals surface area (Å²) in [4.78, 5) is 44.3. The lowest BCUT2D eigenvalue weighted by Crippen LogP contribution is -2.52. The lowest BCUT2D eigenvalue weighted by Gasteiger charge is -2.31. The Morgan fingerprint density at radius 3 is 2.42 bits per heavy atom. The molecule has 3 aromatic rings. The number of hydrogen-bond donors (Lipinski definition) is 0. The molecule has 0 bridgehead atoms. The van der Waals surface area contributed by atoms with Crippen LogP contribution in [-0.4, -0.2) is 51.2 Å². The summed E-state index contributed by atoms with van der Waals surface area (Å²) in [6.07, 6.45) is 2.45. The Morgan fingerprint density at radius 2 is 1.77 bits per heavy atom. The Balaban J connectivity index is 2.05. The number of carbonyl (C=O) groups excluding carboxylic acids is 3. The molecular formula is C23H25N3O5. The first-order valence-corrected chi connectivity index (χ1v) is 9.80. The van der Waals surface area contributed by atoms with Crippen molar-refractivity contribution < 1.29 is 23.9 Å². The van der Waals surface area contributed by atoms with Gasteiger partial charge in [0.05, 0.1) is 13.7 Å². The number of carbonyl (C=O) groups is 3. The van der Waals surface area contributed by atoms with Gasteiger partial charge in [-0.25, -0.2) is 19.5 Å². The second kappa shape index (κ2) is 8.99. The van der Waals surface area contributed by atoms with E-state index in [-0.39, 0.29) is 12.1 Å². The number of nitrogens with zero attached hydrogens (tertiary/aromatic N) is 3. The van der Waals surface area contributed by atoms with Gasteiger partial charge >= 0.3 is 12.1 Å². The van der Waals surface area contributed by atoms with Crippen LogP contribution in [0.4, 0.5) is 4.79 Å². The molecule has 0 fully saturated rings. The van der Waals surface area contributed by atoms with E-state index < -0.39 is 29.6 Å². The van der Waals surface area contributed by atoms with E-state index in [4.69, 9.17) is 9.47 Å². The molecule has 0 aliphatic carbocycles. The average Bonchev–Trinajstić information content (AvgIpc) is 3.15. The highest BCUT2D eigenvalue weighted by Crippen LogP contribution is 2.20. The number of benzene rings is 1. The quantitative estimate of drug-likeness (QED) is 0.582. The molecule has 0 N–H and O–H groups in total. The summed E-state index contributed by atoms with van der Waals surface area (Å²) in [7, 11) is 1.21. The second-order valence-electron chi connectivity index (χ2n) is 7.94. The Kier molecular flexibility index (Phi) is 6.39. The molecule has 8 nitrogen and oxygen atoms in total. The number of aromatic nitrogens is 2. The second-order valence-corrected chi connectivity index (χ2v) is 7.94. The van der Waals surface area contributed by atoms with E-state index in [0.717, 1.165) is 10.3 Å². The summed E-state index contributed by atoms with van der Waals surface area (Å²) < 4.78 is 12.1. The maximum atomic E-state index is 13.3. The fourth-order valence-corrected chi connectivity index (χ4v) is 3.13. The molecule has 0 aliphatic rings. The van der Waals surface area contributed by atoms with Crippen LogP contribution in [-0.2, 0) is 20.8 Å². The molecule has 1 atom stereocenters. The van der Waals surface area contributed by atoms with E-state index in [9.17, 15) is 14.4 Å². The highest BCUT2D eigenvalue weighted by atomic mass is 16.6. The molecule has 3 rings (SSSR count). The van der Waals surface area contributed by atoms with Gasteiger partial charge in [-0.2, -0.15) is 0 Å². The van der Waals surface area contributed by atoms with Gasteiger partial charge in [-0.15, -0.1) is 0 Å². The maximum Gasteiger partial charge on any atom is 0.418 e. The largest absolute Gasteiger partial charge is 0.467 e. The number of rotatable bonds is 5. The molecule has 1 aromatic carbocycles. The third-order valence-electron chi connectivity index (χ3n) is 4.51. The molecule has 0 spiro atoms. The van der Waals surface area contributed by atoms with Gasteiger partial charge in [0.15, 0.2) is 6.04 Å². The standard InChI is InChI=1S/C23H25N3O5/c1-23(2,3)31-22(29)26(20(27)17-9-6-5-7-10-17)18(21(28)30-4)15-25-14-12-16-11-8-13-24-19(16)25/h5-14,18H,15H2,1-4H3. The molecule has 162 valence electrons. The lowest BCUT2D eigenvalue weighted by molar-refractivity contribution is -0.146. The zero-order valence-corrected chi connectivity index (χ0v) is 17.9. The number of hydrogen-bond acceptors (Lipinski definition) is 6. The summed E-state index contributed by atoms with van der Waals surface area (Å²) in [6, 6.07) is 12.5. The van der Waals surface area contributed by atoms with Crippen molar-refractivity contribution in [2.24, 2.45) is 0 Å². The number of methoxy groups -OCH3 is 1. The van der Waals surface area contributed by atoms with Crippen LogP contribution in [0.15, 0.2) is 60.9 Å². The maximum absolute atomic E-state index is 13.3. The van der Waals surface area contributed by atoms with Crippen molar-refractivity contribution in [3.05, 3.63) is 66.5 Å². The number of amides is 2. The zero-order chi connectivity index (χ0) is 22.6. The Morgan fingerprint density at radius 1 is 1.06 bits per heavy atom. The van der Waals surface area contributed by atoms with E-state index in [2.05, 4.69) is 4.98 Å². The van der Waals surface area contributed by atoms with Crippen molar-refractivity contribution >= 4 is 29.0 Å². The van der Waals surface area contributed by atoms with E-state index in [1.54, 1.807) is 74.1 Å². The van der Waals surface area contributed by atoms with Gasteiger partial charge < -0.3 is 14.0 Å². The molecule has 0 saturated carbocycles. The molecule has 0 aliphatic heterocycles. The fourth-order valence-electron chi connectivity index (χ4n) is 3.13. The zero-order valence-electron chi connectivity index (χ0n) is 17.9. The number of imide groups is 1. The topological polar surface area (TPSA) is 90.7 Å². The van der Waals surface area contributed by atoms with Gasteiger partial charge in [0.2, 0.25) is 0 Å². The van der Waals surface area contributed by atoms with E-state index in [0.29, 0.717) is 5.65 Å². The molecule has 1 unspecified atom stereocenters. The Hall–Kier alpha value is -3.68. The molecule has 0 radical (unpaired) electrons. The Bertz CT molecular complexity index is 1090. The monoisotopic (exact) mass is 423 g/mol. The normalized spacial score (nSPS) is 12.3. The number of ether oxygens (including phenoxy) is 2. The first-order chi connectivity index (χ1) is 14.7. The lowest BCUT2D eigenvalue weighted by atomic mass is 10.1. The van der Waals surface area contributed by atoms with Gasteiger partial charge in [0.1, 0.15) is 11.2 Å². The number of esters is 1. The fraction of sp³-hybridized carbons (Fsp3) is 0.304. The average molecular weight is 423 g/mol. The van der Waals surface area contributed by atoms with E-state index in [1.165, 1.54) is 7.11 Å². The molecule has 0 saturated heterocycles. The summed E-state index contributed by atoms with van der Waals surface area (Å²) in [5.74, 6) is -1.40.